The van der Waals surface area contributed by atoms with Crippen LogP contribution in [0.15, 0.2) is 0 Å². The summed E-state index contributed by atoms with van der Waals surface area (Å²) in [5, 5.41) is 0. The third-order valence-corrected chi connectivity index (χ3v) is 2.85. The molecule has 0 aliphatic heterocycles. The SMILES string of the molecule is C#CCCCCCCCCCCCC(C)=O. The maximum atomic E-state index is 10.7. The normalized spacial score (nSPS) is 10.0. The number of unbranched alkanes of at least 4 members (excludes halogenated alkanes) is 9. The van der Waals surface area contributed by atoms with Crippen LogP contribution in [0.25, 0.3) is 0 Å². The summed E-state index contributed by atoms with van der Waals surface area (Å²) in [6.45, 7) is 1.68. The van der Waals surface area contributed by atoms with Crippen molar-refractivity contribution in [2.45, 2.75) is 77.6 Å². The molecular formula is C15H26O. The van der Waals surface area contributed by atoms with E-state index in [9.17, 15) is 4.79 Å². The number of carbonyl (C=O) groups excluding carboxylic acids is 1. The topological polar surface area (TPSA) is 17.1 Å². The predicted molar refractivity (Wildman–Crippen MR) is 70.3 cm³/mol. The standard InChI is InChI=1S/C15H26O/c1-3-4-5-6-7-8-9-10-11-12-13-14-15(2)16/h1H,4-14H2,2H3. The molecule has 0 fully saturated rings. The molecule has 1 nitrogen and oxygen atoms in total. The van der Waals surface area contributed by atoms with Crippen molar-refractivity contribution in [2.75, 3.05) is 0 Å². The fourth-order valence-electron chi connectivity index (χ4n) is 1.84. The highest BCUT2D eigenvalue weighted by Crippen LogP contribution is 2.11. The Balaban J connectivity index is 2.94. The van der Waals surface area contributed by atoms with Crippen LogP contribution in [0.2, 0.25) is 0 Å². The maximum Gasteiger partial charge on any atom is 0.129 e. The zero-order valence-corrected chi connectivity index (χ0v) is 10.8. The molecule has 0 rings (SSSR count). The molecule has 0 saturated heterocycles. The van der Waals surface area contributed by atoms with E-state index < -0.39 is 0 Å². The Morgan fingerprint density at radius 1 is 0.875 bits per heavy atom. The Labute approximate surface area is 101 Å². The highest BCUT2D eigenvalue weighted by Gasteiger charge is 1.94. The molecule has 0 aromatic rings. The maximum absolute atomic E-state index is 10.7. The zero-order chi connectivity index (χ0) is 12.1. The van der Waals surface area contributed by atoms with Gasteiger partial charge in [0.25, 0.3) is 0 Å². The van der Waals surface area contributed by atoms with Gasteiger partial charge >= 0.3 is 0 Å². The van der Waals surface area contributed by atoms with Gasteiger partial charge < -0.3 is 4.79 Å². The van der Waals surface area contributed by atoms with Crippen LogP contribution in [0.1, 0.15) is 77.6 Å². The highest BCUT2D eigenvalue weighted by molar-refractivity contribution is 5.75. The van der Waals surface area contributed by atoms with Gasteiger partial charge in [-0.2, -0.15) is 0 Å². The van der Waals surface area contributed by atoms with E-state index in [0.29, 0.717) is 5.78 Å². The number of hydrogen-bond donors (Lipinski definition) is 0. The summed E-state index contributed by atoms with van der Waals surface area (Å²) in [5.41, 5.74) is 0. The van der Waals surface area contributed by atoms with Crippen LogP contribution in [0.5, 0.6) is 0 Å². The summed E-state index contributed by atoms with van der Waals surface area (Å²) < 4.78 is 0. The van der Waals surface area contributed by atoms with Gasteiger partial charge in [0.15, 0.2) is 0 Å². The van der Waals surface area contributed by atoms with Gasteiger partial charge in [-0.3, -0.25) is 0 Å². The van der Waals surface area contributed by atoms with Gasteiger partial charge in [0, 0.05) is 12.8 Å². The number of rotatable bonds is 11. The van der Waals surface area contributed by atoms with Crippen molar-refractivity contribution < 1.29 is 4.79 Å². The van der Waals surface area contributed by atoms with E-state index in [1.54, 1.807) is 6.92 Å². The predicted octanol–water partition coefficient (Wildman–Crippen LogP) is 4.50. The van der Waals surface area contributed by atoms with Crippen LogP contribution in [0.4, 0.5) is 0 Å². The molecule has 0 aliphatic carbocycles. The van der Waals surface area contributed by atoms with E-state index in [4.69, 9.17) is 6.42 Å². The fourth-order valence-corrected chi connectivity index (χ4v) is 1.84. The van der Waals surface area contributed by atoms with Gasteiger partial charge in [0.05, 0.1) is 0 Å². The Morgan fingerprint density at radius 3 is 1.75 bits per heavy atom. The first-order chi connectivity index (χ1) is 7.77. The largest absolute Gasteiger partial charge is 0.300 e. The highest BCUT2D eigenvalue weighted by atomic mass is 16.1. The molecule has 0 spiro atoms. The molecule has 0 aromatic heterocycles. The number of Topliss-reactive ketones (excluding diaryl/α,β-unsaturated/α-hetero) is 1. The average molecular weight is 222 g/mol. The third kappa shape index (κ3) is 13.2. The molecule has 1 heteroatoms. The summed E-state index contributed by atoms with van der Waals surface area (Å²) in [6, 6.07) is 0. The van der Waals surface area contributed by atoms with E-state index in [1.165, 1.54) is 51.4 Å². The van der Waals surface area contributed by atoms with Crippen LogP contribution in [0, 0.1) is 12.3 Å². The summed E-state index contributed by atoms with van der Waals surface area (Å²) in [4.78, 5) is 10.7. The number of terminal acetylenes is 1. The molecule has 0 atom stereocenters. The second-order valence-corrected chi connectivity index (χ2v) is 4.59. The molecule has 0 N–H and O–H groups in total. The number of ketones is 1. The second-order valence-electron chi connectivity index (χ2n) is 4.59. The molecule has 0 aliphatic rings. The first kappa shape index (κ1) is 15.2. The third-order valence-electron chi connectivity index (χ3n) is 2.85. The first-order valence-electron chi connectivity index (χ1n) is 6.70. The van der Waals surface area contributed by atoms with Crippen molar-refractivity contribution in [2.24, 2.45) is 0 Å². The molecular weight excluding hydrogens is 196 g/mol. The Hall–Kier alpha value is -0.770. The van der Waals surface area contributed by atoms with Gasteiger partial charge in [-0.25, -0.2) is 0 Å². The fraction of sp³-hybridized carbons (Fsp3) is 0.800. The molecule has 92 valence electrons. The van der Waals surface area contributed by atoms with Gasteiger partial charge in [0.2, 0.25) is 0 Å². The van der Waals surface area contributed by atoms with Crippen LogP contribution in [-0.4, -0.2) is 5.78 Å². The van der Waals surface area contributed by atoms with Crippen LogP contribution < -0.4 is 0 Å². The van der Waals surface area contributed by atoms with Gasteiger partial charge in [0.1, 0.15) is 5.78 Å². The lowest BCUT2D eigenvalue weighted by Gasteiger charge is -2.01. The Bertz CT molecular complexity index is 200. The Morgan fingerprint density at radius 2 is 1.31 bits per heavy atom. The van der Waals surface area contributed by atoms with E-state index >= 15 is 0 Å². The lowest BCUT2D eigenvalue weighted by Crippen LogP contribution is -1.89. The average Bonchev–Trinajstić information content (AvgIpc) is 2.25. The Kier molecular flexibility index (Phi) is 11.7. The van der Waals surface area contributed by atoms with Gasteiger partial charge in [-0.1, -0.05) is 44.9 Å². The van der Waals surface area contributed by atoms with Crippen molar-refractivity contribution in [1.82, 2.24) is 0 Å². The minimum atomic E-state index is 0.327. The van der Waals surface area contributed by atoms with E-state index in [0.717, 1.165) is 19.3 Å². The molecule has 0 amide bonds. The van der Waals surface area contributed by atoms with E-state index in [-0.39, 0.29) is 0 Å². The minimum Gasteiger partial charge on any atom is -0.300 e. The van der Waals surface area contributed by atoms with Crippen LogP contribution >= 0.6 is 0 Å². The minimum absolute atomic E-state index is 0.327. The van der Waals surface area contributed by atoms with Gasteiger partial charge in [-0.05, 0) is 19.8 Å². The molecule has 0 saturated carbocycles. The van der Waals surface area contributed by atoms with Crippen LogP contribution in [0.3, 0.4) is 0 Å². The van der Waals surface area contributed by atoms with Crippen LogP contribution in [-0.2, 0) is 4.79 Å². The molecule has 0 aromatic carbocycles. The molecule has 0 heterocycles. The summed E-state index contributed by atoms with van der Waals surface area (Å²) in [5.74, 6) is 3.00. The van der Waals surface area contributed by atoms with E-state index in [2.05, 4.69) is 5.92 Å². The van der Waals surface area contributed by atoms with Crippen molar-refractivity contribution in [3.63, 3.8) is 0 Å². The quantitative estimate of drug-likeness (QED) is 0.371. The molecule has 0 radical (unpaired) electrons. The number of carbonyl (C=O) groups is 1. The number of hydrogen-bond acceptors (Lipinski definition) is 1. The zero-order valence-electron chi connectivity index (χ0n) is 10.8. The smallest absolute Gasteiger partial charge is 0.129 e. The lowest BCUT2D eigenvalue weighted by molar-refractivity contribution is -0.117. The second kappa shape index (κ2) is 12.3. The summed E-state index contributed by atoms with van der Waals surface area (Å²) >= 11 is 0. The molecule has 16 heavy (non-hydrogen) atoms. The van der Waals surface area contributed by atoms with Crippen molar-refractivity contribution in [3.05, 3.63) is 0 Å². The first-order valence-corrected chi connectivity index (χ1v) is 6.70. The van der Waals surface area contributed by atoms with E-state index in [1.807, 2.05) is 0 Å². The summed E-state index contributed by atoms with van der Waals surface area (Å²) in [7, 11) is 0. The lowest BCUT2D eigenvalue weighted by atomic mass is 10.1. The summed E-state index contributed by atoms with van der Waals surface area (Å²) in [6.07, 6.45) is 18.3. The van der Waals surface area contributed by atoms with Crippen molar-refractivity contribution in [3.8, 4) is 12.3 Å². The van der Waals surface area contributed by atoms with Crippen molar-refractivity contribution >= 4 is 5.78 Å². The monoisotopic (exact) mass is 222 g/mol. The van der Waals surface area contributed by atoms with Gasteiger partial charge in [-0.15, -0.1) is 12.3 Å². The molecule has 0 unspecified atom stereocenters. The molecule has 0 bridgehead atoms. The van der Waals surface area contributed by atoms with Crippen molar-refractivity contribution in [1.29, 1.82) is 0 Å².